The summed E-state index contributed by atoms with van der Waals surface area (Å²) in [5, 5.41) is 4.04. The number of aliphatic imine (C=N–C) groups is 1. The van der Waals surface area contributed by atoms with E-state index in [0.717, 1.165) is 18.7 Å². The van der Waals surface area contributed by atoms with Gasteiger partial charge >= 0.3 is 0 Å². The first kappa shape index (κ1) is 20.2. The highest BCUT2D eigenvalue weighted by molar-refractivity contribution is 8.26. The van der Waals surface area contributed by atoms with Gasteiger partial charge in [0.2, 0.25) is 22.9 Å². The van der Waals surface area contributed by atoms with Crippen molar-refractivity contribution >= 4 is 57.1 Å². The van der Waals surface area contributed by atoms with Crippen LogP contribution in [0.25, 0.3) is 0 Å². The Balaban J connectivity index is 2.63. The highest BCUT2D eigenvalue weighted by Crippen LogP contribution is 2.29. The number of benzene rings is 1. The minimum Gasteiger partial charge on any atom is -0.287 e. The van der Waals surface area contributed by atoms with Gasteiger partial charge in [0.25, 0.3) is 5.91 Å². The Morgan fingerprint density at radius 1 is 1.04 bits per heavy atom. The molecule has 27 heavy (non-hydrogen) atoms. The van der Waals surface area contributed by atoms with Crippen molar-refractivity contribution in [2.75, 3.05) is 4.90 Å². The van der Waals surface area contributed by atoms with Crippen LogP contribution in [0.1, 0.15) is 33.3 Å². The SMILES string of the molecule is CC(=O)N=C(SC(C)=O)N(/N=C1\C(=O)N(C(C)=O)c2ccccc21)C(C)=O. The lowest BCUT2D eigenvalue weighted by Crippen LogP contribution is -2.37. The summed E-state index contributed by atoms with van der Waals surface area (Å²) < 4.78 is 0. The van der Waals surface area contributed by atoms with E-state index in [-0.39, 0.29) is 10.9 Å². The van der Waals surface area contributed by atoms with Crippen molar-refractivity contribution in [2.24, 2.45) is 10.1 Å². The number of hydrogen-bond donors (Lipinski definition) is 0. The third-order valence-corrected chi connectivity index (χ3v) is 4.02. The van der Waals surface area contributed by atoms with Crippen LogP contribution in [0.3, 0.4) is 0 Å². The lowest BCUT2D eigenvalue weighted by atomic mass is 10.1. The van der Waals surface area contributed by atoms with Gasteiger partial charge in [-0.1, -0.05) is 18.2 Å². The smallest absolute Gasteiger partial charge is 0.286 e. The predicted octanol–water partition coefficient (Wildman–Crippen LogP) is 1.31. The molecule has 1 aromatic rings. The van der Waals surface area contributed by atoms with Crippen LogP contribution in [0.15, 0.2) is 34.4 Å². The Bertz CT molecular complexity index is 922. The number of imide groups is 1. The van der Waals surface area contributed by atoms with Crippen molar-refractivity contribution in [3.63, 3.8) is 0 Å². The zero-order valence-electron chi connectivity index (χ0n) is 15.0. The number of anilines is 1. The normalized spacial score (nSPS) is 15.0. The zero-order valence-corrected chi connectivity index (χ0v) is 15.9. The van der Waals surface area contributed by atoms with E-state index in [2.05, 4.69) is 10.1 Å². The van der Waals surface area contributed by atoms with Crippen molar-refractivity contribution in [2.45, 2.75) is 27.7 Å². The standard InChI is InChI=1S/C17H16N4O5S/c1-9(22)18-17(27-12(4)25)21(11(3)24)19-15-13-7-5-6-8-14(13)20(10(2)23)16(15)26/h5-8H,1-4H3/b18-17?,19-15-. The van der Waals surface area contributed by atoms with Crippen LogP contribution in [0.4, 0.5) is 5.69 Å². The topological polar surface area (TPSA) is 117 Å². The molecule has 0 aromatic heterocycles. The first-order chi connectivity index (χ1) is 12.6. The Labute approximate surface area is 159 Å². The number of nitrogens with zero attached hydrogens (tertiary/aromatic N) is 4. The fourth-order valence-corrected chi connectivity index (χ4v) is 3.02. The summed E-state index contributed by atoms with van der Waals surface area (Å²) in [4.78, 5) is 64.1. The summed E-state index contributed by atoms with van der Waals surface area (Å²) in [7, 11) is 0. The third-order valence-electron chi connectivity index (χ3n) is 3.29. The Kier molecular flexibility index (Phi) is 6.01. The second kappa shape index (κ2) is 8.04. The van der Waals surface area contributed by atoms with E-state index in [1.807, 2.05) is 0 Å². The number of carbonyl (C=O) groups excluding carboxylic acids is 5. The summed E-state index contributed by atoms with van der Waals surface area (Å²) >= 11 is 0.534. The van der Waals surface area contributed by atoms with Crippen LogP contribution >= 0.6 is 11.8 Å². The Hall–Kier alpha value is -3.14. The number of amidine groups is 1. The van der Waals surface area contributed by atoms with Gasteiger partial charge in [0.15, 0.2) is 10.8 Å². The van der Waals surface area contributed by atoms with Gasteiger partial charge in [-0.05, 0) is 17.8 Å². The molecule has 1 aromatic carbocycles. The van der Waals surface area contributed by atoms with E-state index in [9.17, 15) is 24.0 Å². The molecule has 0 aliphatic carbocycles. The average Bonchev–Trinajstić information content (AvgIpc) is 2.82. The number of hydrazone groups is 1. The molecule has 0 N–H and O–H groups in total. The Morgan fingerprint density at radius 3 is 2.19 bits per heavy atom. The van der Waals surface area contributed by atoms with Crippen LogP contribution in [-0.2, 0) is 24.0 Å². The molecular weight excluding hydrogens is 372 g/mol. The van der Waals surface area contributed by atoms with Crippen LogP contribution < -0.4 is 4.90 Å². The fourth-order valence-electron chi connectivity index (χ4n) is 2.33. The highest BCUT2D eigenvalue weighted by Gasteiger charge is 2.37. The molecule has 1 aliphatic rings. The van der Waals surface area contributed by atoms with Crippen molar-refractivity contribution < 1.29 is 24.0 Å². The molecular formula is C17H16N4O5S. The van der Waals surface area contributed by atoms with E-state index in [0.29, 0.717) is 28.0 Å². The average molecular weight is 388 g/mol. The summed E-state index contributed by atoms with van der Waals surface area (Å²) in [5.74, 6) is -2.54. The van der Waals surface area contributed by atoms with Crippen LogP contribution in [0.2, 0.25) is 0 Å². The summed E-state index contributed by atoms with van der Waals surface area (Å²) in [6.07, 6.45) is 0. The van der Waals surface area contributed by atoms with Crippen molar-refractivity contribution in [1.82, 2.24) is 5.01 Å². The van der Waals surface area contributed by atoms with Gasteiger partial charge in [0.05, 0.1) is 5.69 Å². The molecule has 4 amide bonds. The Morgan fingerprint density at radius 2 is 1.67 bits per heavy atom. The van der Waals surface area contributed by atoms with Crippen molar-refractivity contribution in [3.8, 4) is 0 Å². The number of hydrogen-bond acceptors (Lipinski definition) is 7. The number of thioether (sulfide) groups is 1. The molecule has 140 valence electrons. The first-order valence-corrected chi connectivity index (χ1v) is 8.56. The van der Waals surface area contributed by atoms with Gasteiger partial charge < -0.3 is 0 Å². The van der Waals surface area contributed by atoms with E-state index in [1.54, 1.807) is 24.3 Å². The van der Waals surface area contributed by atoms with Gasteiger partial charge in [-0.2, -0.15) is 15.1 Å². The molecule has 0 atom stereocenters. The van der Waals surface area contributed by atoms with Crippen molar-refractivity contribution in [1.29, 1.82) is 0 Å². The van der Waals surface area contributed by atoms with Crippen LogP contribution in [0.5, 0.6) is 0 Å². The minimum absolute atomic E-state index is 0.170. The van der Waals surface area contributed by atoms with Gasteiger partial charge in [-0.25, -0.2) is 4.90 Å². The number of carbonyl (C=O) groups is 5. The second-order valence-electron chi connectivity index (χ2n) is 5.46. The first-order valence-electron chi connectivity index (χ1n) is 7.75. The molecule has 10 heteroatoms. The molecule has 9 nitrogen and oxygen atoms in total. The van der Waals surface area contributed by atoms with E-state index >= 15 is 0 Å². The molecule has 1 heterocycles. The van der Waals surface area contributed by atoms with E-state index in [4.69, 9.17) is 0 Å². The van der Waals surface area contributed by atoms with Crippen LogP contribution in [-0.4, -0.2) is 44.6 Å². The minimum atomic E-state index is -0.718. The largest absolute Gasteiger partial charge is 0.287 e. The molecule has 0 spiro atoms. The maximum absolute atomic E-state index is 12.7. The lowest BCUT2D eigenvalue weighted by molar-refractivity contribution is -0.125. The van der Waals surface area contributed by atoms with Crippen LogP contribution in [0, 0.1) is 0 Å². The van der Waals surface area contributed by atoms with Gasteiger partial charge in [0, 0.05) is 33.3 Å². The van der Waals surface area contributed by atoms with Gasteiger partial charge in [-0.3, -0.25) is 24.0 Å². The summed E-state index contributed by atoms with van der Waals surface area (Å²) in [6.45, 7) is 4.77. The lowest BCUT2D eigenvalue weighted by Gasteiger charge is -2.16. The fraction of sp³-hybridized carbons (Fsp3) is 0.235. The second-order valence-corrected chi connectivity index (χ2v) is 6.61. The molecule has 0 saturated heterocycles. The number of rotatable bonds is 1. The van der Waals surface area contributed by atoms with Crippen molar-refractivity contribution in [3.05, 3.63) is 29.8 Å². The summed E-state index contributed by atoms with van der Waals surface area (Å²) in [6, 6.07) is 6.46. The number of para-hydroxylation sites is 1. The number of fused-ring (bicyclic) bond motifs is 1. The molecule has 2 rings (SSSR count). The summed E-state index contributed by atoms with van der Waals surface area (Å²) in [5.41, 5.74) is 0.511. The number of amides is 4. The molecule has 0 bridgehead atoms. The monoisotopic (exact) mass is 388 g/mol. The third kappa shape index (κ3) is 4.34. The van der Waals surface area contributed by atoms with Gasteiger partial charge in [0.1, 0.15) is 0 Å². The molecule has 0 fully saturated rings. The predicted molar refractivity (Wildman–Crippen MR) is 100 cm³/mol. The molecule has 0 saturated carbocycles. The van der Waals surface area contributed by atoms with E-state index < -0.39 is 28.7 Å². The highest BCUT2D eigenvalue weighted by atomic mass is 32.2. The molecule has 1 aliphatic heterocycles. The molecule has 0 unspecified atom stereocenters. The van der Waals surface area contributed by atoms with Gasteiger partial charge in [-0.15, -0.1) is 0 Å². The zero-order chi connectivity index (χ0) is 20.3. The maximum Gasteiger partial charge on any atom is 0.286 e. The molecule has 0 radical (unpaired) electrons. The maximum atomic E-state index is 12.7. The van der Waals surface area contributed by atoms with E-state index in [1.165, 1.54) is 13.8 Å². The quantitative estimate of drug-likeness (QED) is 0.407.